The fourth-order valence-corrected chi connectivity index (χ4v) is 2.53. The van der Waals surface area contributed by atoms with E-state index < -0.39 is 11.3 Å². The quantitative estimate of drug-likeness (QED) is 0.491. The summed E-state index contributed by atoms with van der Waals surface area (Å²) in [6, 6.07) is 3.01. The number of rotatable bonds is 6. The van der Waals surface area contributed by atoms with Crippen molar-refractivity contribution in [3.05, 3.63) is 55.4 Å². The van der Waals surface area contributed by atoms with Crippen molar-refractivity contribution in [3.8, 4) is 0 Å². The third-order valence-electron chi connectivity index (χ3n) is 3.16. The van der Waals surface area contributed by atoms with Crippen molar-refractivity contribution < 1.29 is 9.63 Å². The lowest BCUT2D eigenvalue weighted by atomic mass is 10.0. The molecule has 0 bridgehead atoms. The van der Waals surface area contributed by atoms with Crippen LogP contribution < -0.4 is 5.56 Å². The van der Waals surface area contributed by atoms with Crippen LogP contribution in [-0.4, -0.2) is 28.4 Å². The second kappa shape index (κ2) is 7.48. The number of ketones is 1. The van der Waals surface area contributed by atoms with Gasteiger partial charge in [-0.15, -0.1) is 0 Å². The first kappa shape index (κ1) is 17.3. The Morgan fingerprint density at radius 1 is 1.35 bits per heavy atom. The Morgan fingerprint density at radius 2 is 2.09 bits per heavy atom. The number of H-pyrrole nitrogens is 1. The number of oxime groups is 1. The standard InChI is InChI=1S/C15H15Cl2N3O3/c1-3-20-15(22)11(7-18-20)14(21)9-5-6-12(16)10(13(9)17)8-19-23-4-2/h5-8,18H,3-4H2,1-2H3/b19-8+. The lowest BCUT2D eigenvalue weighted by molar-refractivity contribution is 0.103. The van der Waals surface area contributed by atoms with Crippen LogP contribution in [0, 0.1) is 0 Å². The van der Waals surface area contributed by atoms with E-state index in [9.17, 15) is 9.59 Å². The summed E-state index contributed by atoms with van der Waals surface area (Å²) in [6.07, 6.45) is 2.71. The maximum absolute atomic E-state index is 12.6. The summed E-state index contributed by atoms with van der Waals surface area (Å²) in [5, 5.41) is 6.89. The molecule has 0 aliphatic heterocycles. The molecule has 2 aromatic rings. The fraction of sp³-hybridized carbons (Fsp3) is 0.267. The molecule has 0 saturated carbocycles. The third kappa shape index (κ3) is 3.48. The van der Waals surface area contributed by atoms with Crippen molar-refractivity contribution in [3.63, 3.8) is 0 Å². The van der Waals surface area contributed by atoms with Crippen molar-refractivity contribution in [2.45, 2.75) is 20.4 Å². The number of aryl methyl sites for hydroxylation is 1. The third-order valence-corrected chi connectivity index (χ3v) is 3.89. The van der Waals surface area contributed by atoms with Gasteiger partial charge in [-0.1, -0.05) is 28.4 Å². The van der Waals surface area contributed by atoms with E-state index in [4.69, 9.17) is 28.0 Å². The maximum atomic E-state index is 12.6. The van der Waals surface area contributed by atoms with Crippen LogP contribution in [0.4, 0.5) is 0 Å². The van der Waals surface area contributed by atoms with Crippen LogP contribution in [0.3, 0.4) is 0 Å². The number of aromatic nitrogens is 2. The van der Waals surface area contributed by atoms with Gasteiger partial charge in [0.2, 0.25) is 5.78 Å². The molecule has 1 heterocycles. The minimum absolute atomic E-state index is 0.0174. The lowest BCUT2D eigenvalue weighted by Crippen LogP contribution is -2.21. The first-order valence-electron chi connectivity index (χ1n) is 6.97. The highest BCUT2D eigenvalue weighted by molar-refractivity contribution is 6.41. The van der Waals surface area contributed by atoms with Gasteiger partial charge in [0.1, 0.15) is 12.2 Å². The van der Waals surface area contributed by atoms with Gasteiger partial charge in [0.15, 0.2) is 0 Å². The van der Waals surface area contributed by atoms with Gasteiger partial charge in [0.05, 0.1) is 16.3 Å². The summed E-state index contributed by atoms with van der Waals surface area (Å²) >= 11 is 12.3. The predicted molar refractivity (Wildman–Crippen MR) is 89.8 cm³/mol. The summed E-state index contributed by atoms with van der Waals surface area (Å²) in [5.41, 5.74) is 0.157. The average molecular weight is 356 g/mol. The van der Waals surface area contributed by atoms with Gasteiger partial charge in [-0.25, -0.2) is 0 Å². The molecule has 0 aliphatic rings. The highest BCUT2D eigenvalue weighted by atomic mass is 35.5. The van der Waals surface area contributed by atoms with Gasteiger partial charge in [0, 0.05) is 23.9 Å². The van der Waals surface area contributed by atoms with Gasteiger partial charge < -0.3 is 9.94 Å². The normalized spacial score (nSPS) is 11.1. The fourth-order valence-electron chi connectivity index (χ4n) is 1.98. The molecule has 0 saturated heterocycles. The Balaban J connectivity index is 2.47. The Bertz CT molecular complexity index is 809. The Labute approximate surface area is 142 Å². The molecule has 0 radical (unpaired) electrons. The van der Waals surface area contributed by atoms with Crippen molar-refractivity contribution in [2.75, 3.05) is 6.61 Å². The number of carbonyl (C=O) groups excluding carboxylic acids is 1. The van der Waals surface area contributed by atoms with E-state index in [-0.39, 0.29) is 16.1 Å². The minimum Gasteiger partial charge on any atom is -0.396 e. The van der Waals surface area contributed by atoms with E-state index in [0.29, 0.717) is 23.7 Å². The second-order valence-corrected chi connectivity index (χ2v) is 5.33. The molecule has 2 rings (SSSR count). The molecule has 0 atom stereocenters. The average Bonchev–Trinajstić information content (AvgIpc) is 2.91. The molecule has 0 amide bonds. The molecule has 8 heteroatoms. The molecular formula is C15H15Cl2N3O3. The van der Waals surface area contributed by atoms with Gasteiger partial charge in [-0.2, -0.15) is 0 Å². The predicted octanol–water partition coefficient (Wildman–Crippen LogP) is 3.10. The van der Waals surface area contributed by atoms with Crippen LogP contribution in [0.25, 0.3) is 0 Å². The molecule has 0 unspecified atom stereocenters. The Hall–Kier alpha value is -2.05. The van der Waals surface area contributed by atoms with E-state index in [2.05, 4.69) is 10.3 Å². The van der Waals surface area contributed by atoms with Crippen molar-refractivity contribution >= 4 is 35.2 Å². The van der Waals surface area contributed by atoms with Crippen LogP contribution in [0.15, 0.2) is 28.3 Å². The summed E-state index contributed by atoms with van der Waals surface area (Å²) in [6.45, 7) is 4.41. The van der Waals surface area contributed by atoms with Crippen molar-refractivity contribution in [1.29, 1.82) is 0 Å². The lowest BCUT2D eigenvalue weighted by Gasteiger charge is -2.06. The number of hydrogen-bond acceptors (Lipinski definition) is 4. The van der Waals surface area contributed by atoms with E-state index in [1.165, 1.54) is 29.2 Å². The van der Waals surface area contributed by atoms with E-state index in [1.54, 1.807) is 13.8 Å². The minimum atomic E-state index is -0.480. The number of nitrogens with one attached hydrogen (secondary N) is 1. The highest BCUT2D eigenvalue weighted by Crippen LogP contribution is 2.28. The smallest absolute Gasteiger partial charge is 0.277 e. The number of hydrogen-bond donors (Lipinski definition) is 1. The number of nitrogens with zero attached hydrogens (tertiary/aromatic N) is 2. The molecule has 122 valence electrons. The molecule has 0 fully saturated rings. The highest BCUT2D eigenvalue weighted by Gasteiger charge is 2.21. The monoisotopic (exact) mass is 355 g/mol. The van der Waals surface area contributed by atoms with Gasteiger partial charge in [-0.3, -0.25) is 14.3 Å². The van der Waals surface area contributed by atoms with Crippen LogP contribution in [0.1, 0.15) is 35.3 Å². The topological polar surface area (TPSA) is 76.4 Å². The molecule has 0 aliphatic carbocycles. The summed E-state index contributed by atoms with van der Waals surface area (Å²) in [7, 11) is 0. The molecule has 1 aromatic heterocycles. The van der Waals surface area contributed by atoms with Gasteiger partial charge >= 0.3 is 0 Å². The zero-order valence-corrected chi connectivity index (χ0v) is 14.1. The first-order chi connectivity index (χ1) is 11.0. The van der Waals surface area contributed by atoms with Crippen LogP contribution in [-0.2, 0) is 11.4 Å². The largest absolute Gasteiger partial charge is 0.396 e. The molecule has 0 spiro atoms. The number of benzene rings is 1. The molecular weight excluding hydrogens is 341 g/mol. The first-order valence-corrected chi connectivity index (χ1v) is 7.73. The van der Waals surface area contributed by atoms with Gasteiger partial charge in [0.25, 0.3) is 5.56 Å². The Morgan fingerprint density at radius 3 is 2.70 bits per heavy atom. The Kier molecular flexibility index (Phi) is 5.63. The molecule has 6 nitrogen and oxygen atoms in total. The van der Waals surface area contributed by atoms with Crippen LogP contribution in [0.5, 0.6) is 0 Å². The summed E-state index contributed by atoms with van der Waals surface area (Å²) in [4.78, 5) is 29.5. The maximum Gasteiger partial charge on any atom is 0.277 e. The van der Waals surface area contributed by atoms with Crippen LogP contribution in [0.2, 0.25) is 10.0 Å². The van der Waals surface area contributed by atoms with E-state index in [0.717, 1.165) is 0 Å². The number of halogens is 2. The van der Waals surface area contributed by atoms with Gasteiger partial charge in [-0.05, 0) is 26.0 Å². The van der Waals surface area contributed by atoms with E-state index >= 15 is 0 Å². The number of carbonyl (C=O) groups is 1. The molecule has 1 N–H and O–H groups in total. The van der Waals surface area contributed by atoms with Crippen molar-refractivity contribution in [2.24, 2.45) is 5.16 Å². The molecule has 23 heavy (non-hydrogen) atoms. The SMILES string of the molecule is CCO/N=C/c1c(Cl)ccc(C(=O)c2c[nH]n(CC)c2=O)c1Cl. The van der Waals surface area contributed by atoms with E-state index in [1.807, 2.05) is 0 Å². The number of aromatic amines is 1. The second-order valence-electron chi connectivity index (χ2n) is 4.54. The van der Waals surface area contributed by atoms with Crippen molar-refractivity contribution in [1.82, 2.24) is 9.78 Å². The zero-order valence-electron chi connectivity index (χ0n) is 12.6. The summed E-state index contributed by atoms with van der Waals surface area (Å²) in [5.74, 6) is -0.480. The van der Waals surface area contributed by atoms with Crippen LogP contribution >= 0.6 is 23.2 Å². The molecule has 1 aromatic carbocycles. The zero-order chi connectivity index (χ0) is 17.0. The summed E-state index contributed by atoms with van der Waals surface area (Å²) < 4.78 is 1.33.